The number of hydrogen-bond donors (Lipinski definition) is 0. The van der Waals surface area contributed by atoms with E-state index in [9.17, 15) is 0 Å². The quantitative estimate of drug-likeness (QED) is 0.127. The van der Waals surface area contributed by atoms with Gasteiger partial charge in [0.1, 0.15) is 0 Å². The number of unbranched alkanes of at least 4 members (excludes halogenated alkanes) is 10. The molecular formula is C27H56O3. The normalized spacial score (nSPS) is 12.6. The first-order chi connectivity index (χ1) is 14.4. The third-order valence-electron chi connectivity index (χ3n) is 5.62. The molecule has 0 fully saturated rings. The Morgan fingerprint density at radius 3 is 1.17 bits per heavy atom. The van der Waals surface area contributed by atoms with Crippen molar-refractivity contribution in [2.45, 2.75) is 150 Å². The van der Waals surface area contributed by atoms with Crippen molar-refractivity contribution < 1.29 is 14.2 Å². The van der Waals surface area contributed by atoms with Crippen LogP contribution in [-0.4, -0.2) is 25.8 Å². The second-order valence-electron chi connectivity index (χ2n) is 10.2. The van der Waals surface area contributed by atoms with E-state index in [1.54, 1.807) is 0 Å². The summed E-state index contributed by atoms with van der Waals surface area (Å²) < 4.78 is 19.0. The van der Waals surface area contributed by atoms with Crippen LogP contribution in [0.3, 0.4) is 0 Å². The molecule has 0 aromatic heterocycles. The lowest BCUT2D eigenvalue weighted by molar-refractivity contribution is -0.384. The van der Waals surface area contributed by atoms with Gasteiger partial charge < -0.3 is 14.2 Å². The van der Waals surface area contributed by atoms with Gasteiger partial charge in [-0.3, -0.25) is 0 Å². The summed E-state index contributed by atoms with van der Waals surface area (Å²) in [6, 6.07) is 0. The standard InChI is InChI=1S/C27H56O3/c1-7-10-18-23-28-27(29-24-19-11-8-2,30-25-20-12-9-3)22-17-15-13-14-16-21-26(4,5)6/h7-25H2,1-6H3. The van der Waals surface area contributed by atoms with Crippen LogP contribution in [0.5, 0.6) is 0 Å². The SMILES string of the molecule is CCCCCOC(CCCCCCCC(C)(C)C)(OCCCCC)OCCCCC. The monoisotopic (exact) mass is 428 g/mol. The van der Waals surface area contributed by atoms with Gasteiger partial charge in [0.25, 0.3) is 5.97 Å². The average Bonchev–Trinajstić information content (AvgIpc) is 2.70. The molecule has 0 atom stereocenters. The molecule has 0 aliphatic carbocycles. The first kappa shape index (κ1) is 29.9. The number of hydrogen-bond acceptors (Lipinski definition) is 3. The smallest absolute Gasteiger partial charge is 0.282 e. The molecule has 182 valence electrons. The van der Waals surface area contributed by atoms with Crippen LogP contribution in [0.4, 0.5) is 0 Å². The molecule has 0 saturated carbocycles. The zero-order valence-corrected chi connectivity index (χ0v) is 21.7. The Morgan fingerprint density at radius 1 is 0.433 bits per heavy atom. The Bertz CT molecular complexity index is 317. The van der Waals surface area contributed by atoms with Crippen molar-refractivity contribution in [2.24, 2.45) is 5.41 Å². The summed E-state index contributed by atoms with van der Waals surface area (Å²) in [5, 5.41) is 0. The van der Waals surface area contributed by atoms with E-state index < -0.39 is 5.97 Å². The second-order valence-corrected chi connectivity index (χ2v) is 10.2. The number of ether oxygens (including phenoxy) is 3. The van der Waals surface area contributed by atoms with Crippen LogP contribution in [0.15, 0.2) is 0 Å². The lowest BCUT2D eigenvalue weighted by atomic mass is 9.89. The van der Waals surface area contributed by atoms with E-state index in [2.05, 4.69) is 41.5 Å². The molecule has 0 amide bonds. The summed E-state index contributed by atoms with van der Waals surface area (Å²) in [4.78, 5) is 0. The van der Waals surface area contributed by atoms with Crippen LogP contribution >= 0.6 is 0 Å². The van der Waals surface area contributed by atoms with Crippen LogP contribution in [0.1, 0.15) is 144 Å². The van der Waals surface area contributed by atoms with Gasteiger partial charge in [-0.2, -0.15) is 0 Å². The van der Waals surface area contributed by atoms with Gasteiger partial charge in [-0.25, -0.2) is 0 Å². The Kier molecular flexibility index (Phi) is 19.5. The summed E-state index contributed by atoms with van der Waals surface area (Å²) in [5.41, 5.74) is 0.458. The maximum Gasteiger partial charge on any atom is 0.282 e. The summed E-state index contributed by atoms with van der Waals surface area (Å²) in [6.07, 6.45) is 19.0. The number of rotatable bonds is 22. The predicted octanol–water partition coefficient (Wildman–Crippen LogP) is 9.04. The molecule has 0 rings (SSSR count). The Hall–Kier alpha value is -0.120. The fourth-order valence-electron chi connectivity index (χ4n) is 3.61. The molecule has 0 bridgehead atoms. The molecule has 0 saturated heterocycles. The highest BCUT2D eigenvalue weighted by molar-refractivity contribution is 4.63. The van der Waals surface area contributed by atoms with Crippen LogP contribution < -0.4 is 0 Å². The van der Waals surface area contributed by atoms with Crippen LogP contribution in [0.25, 0.3) is 0 Å². The molecule has 0 aliphatic rings. The largest absolute Gasteiger partial charge is 0.327 e. The third kappa shape index (κ3) is 18.6. The van der Waals surface area contributed by atoms with Gasteiger partial charge in [-0.1, -0.05) is 106 Å². The molecule has 0 aliphatic heterocycles. The molecule has 0 N–H and O–H groups in total. The zero-order chi connectivity index (χ0) is 22.6. The molecular weight excluding hydrogens is 372 g/mol. The molecule has 30 heavy (non-hydrogen) atoms. The lowest BCUT2D eigenvalue weighted by Gasteiger charge is -2.34. The van der Waals surface area contributed by atoms with Crippen molar-refractivity contribution in [3.63, 3.8) is 0 Å². The molecule has 0 radical (unpaired) electrons. The summed E-state index contributed by atoms with van der Waals surface area (Å²) in [6.45, 7) is 15.9. The maximum absolute atomic E-state index is 6.32. The molecule has 0 aromatic rings. The molecule has 3 nitrogen and oxygen atoms in total. The highest BCUT2D eigenvalue weighted by Crippen LogP contribution is 2.27. The topological polar surface area (TPSA) is 27.7 Å². The molecule has 0 spiro atoms. The fourth-order valence-corrected chi connectivity index (χ4v) is 3.61. The first-order valence-electron chi connectivity index (χ1n) is 13.3. The van der Waals surface area contributed by atoms with Crippen molar-refractivity contribution in [1.82, 2.24) is 0 Å². The van der Waals surface area contributed by atoms with Crippen molar-refractivity contribution in [1.29, 1.82) is 0 Å². The summed E-state index contributed by atoms with van der Waals surface area (Å²) in [5.74, 6) is -0.819. The highest BCUT2D eigenvalue weighted by atomic mass is 16.9. The lowest BCUT2D eigenvalue weighted by Crippen LogP contribution is -2.40. The van der Waals surface area contributed by atoms with E-state index in [4.69, 9.17) is 14.2 Å². The van der Waals surface area contributed by atoms with Crippen molar-refractivity contribution >= 4 is 0 Å². The average molecular weight is 429 g/mol. The minimum absolute atomic E-state index is 0.458. The van der Waals surface area contributed by atoms with Gasteiger partial charge in [0.15, 0.2) is 0 Å². The summed E-state index contributed by atoms with van der Waals surface area (Å²) in [7, 11) is 0. The molecule has 3 heteroatoms. The molecule has 0 unspecified atom stereocenters. The van der Waals surface area contributed by atoms with E-state index in [-0.39, 0.29) is 0 Å². The van der Waals surface area contributed by atoms with Gasteiger partial charge in [-0.15, -0.1) is 0 Å². The van der Waals surface area contributed by atoms with Crippen molar-refractivity contribution in [2.75, 3.05) is 19.8 Å². The second kappa shape index (κ2) is 19.6. The Balaban J connectivity index is 4.60. The zero-order valence-electron chi connectivity index (χ0n) is 21.7. The Labute approximate surface area is 190 Å². The van der Waals surface area contributed by atoms with Crippen LogP contribution in [-0.2, 0) is 14.2 Å². The minimum Gasteiger partial charge on any atom is -0.327 e. The molecule has 0 heterocycles. The van der Waals surface area contributed by atoms with E-state index in [0.29, 0.717) is 5.41 Å². The van der Waals surface area contributed by atoms with E-state index in [0.717, 1.165) is 51.9 Å². The van der Waals surface area contributed by atoms with Gasteiger partial charge in [0.05, 0.1) is 19.8 Å². The van der Waals surface area contributed by atoms with Crippen molar-refractivity contribution in [3.05, 3.63) is 0 Å². The third-order valence-corrected chi connectivity index (χ3v) is 5.62. The summed E-state index contributed by atoms with van der Waals surface area (Å²) >= 11 is 0. The highest BCUT2D eigenvalue weighted by Gasteiger charge is 2.33. The van der Waals surface area contributed by atoms with Gasteiger partial charge >= 0.3 is 0 Å². The predicted molar refractivity (Wildman–Crippen MR) is 131 cm³/mol. The van der Waals surface area contributed by atoms with E-state index in [1.165, 1.54) is 70.6 Å². The minimum atomic E-state index is -0.819. The van der Waals surface area contributed by atoms with Crippen LogP contribution in [0, 0.1) is 5.41 Å². The molecule has 0 aromatic carbocycles. The Morgan fingerprint density at radius 2 is 0.800 bits per heavy atom. The van der Waals surface area contributed by atoms with E-state index in [1.807, 2.05) is 0 Å². The van der Waals surface area contributed by atoms with Crippen LogP contribution in [0.2, 0.25) is 0 Å². The fraction of sp³-hybridized carbons (Fsp3) is 1.00. The van der Waals surface area contributed by atoms with Crippen molar-refractivity contribution in [3.8, 4) is 0 Å². The van der Waals surface area contributed by atoms with E-state index >= 15 is 0 Å². The van der Waals surface area contributed by atoms with Gasteiger partial charge in [-0.05, 0) is 37.5 Å². The maximum atomic E-state index is 6.32. The van der Waals surface area contributed by atoms with Gasteiger partial charge in [0.2, 0.25) is 0 Å². The van der Waals surface area contributed by atoms with Gasteiger partial charge in [0, 0.05) is 6.42 Å². The first-order valence-corrected chi connectivity index (χ1v) is 13.3.